The number of anilines is 1. The maximum absolute atomic E-state index is 8.99. The van der Waals surface area contributed by atoms with E-state index in [0.29, 0.717) is 0 Å². The molecule has 1 aromatic rings. The molecule has 0 unspecified atom stereocenters. The van der Waals surface area contributed by atoms with Crippen LogP contribution in [0, 0.1) is 0 Å². The van der Waals surface area contributed by atoms with Gasteiger partial charge in [-0.25, -0.2) is 0 Å². The van der Waals surface area contributed by atoms with Crippen LogP contribution in [0.4, 0.5) is 5.69 Å². The van der Waals surface area contributed by atoms with Crippen molar-refractivity contribution in [1.82, 2.24) is 0 Å². The number of aliphatic hydroxyl groups excluding tert-OH is 1. The van der Waals surface area contributed by atoms with Gasteiger partial charge in [0, 0.05) is 18.8 Å². The number of hydrogen-bond donors (Lipinski definition) is 1. The van der Waals surface area contributed by atoms with E-state index in [1.54, 1.807) is 0 Å². The van der Waals surface area contributed by atoms with Crippen LogP contribution in [0.5, 0.6) is 0 Å². The van der Waals surface area contributed by atoms with E-state index < -0.39 is 0 Å². The molecule has 1 fully saturated rings. The predicted molar refractivity (Wildman–Crippen MR) is 133 cm³/mol. The molecule has 1 aromatic carbocycles. The molecule has 0 bridgehead atoms. The van der Waals surface area contributed by atoms with E-state index >= 15 is 0 Å². The van der Waals surface area contributed by atoms with Crippen molar-refractivity contribution in [3.8, 4) is 0 Å². The number of hydrogen-bond acceptors (Lipinski definition) is 2. The van der Waals surface area contributed by atoms with Crippen molar-refractivity contribution in [1.29, 1.82) is 0 Å². The molecule has 1 aliphatic rings. The average Bonchev–Trinajstić information content (AvgIpc) is 3.34. The highest BCUT2D eigenvalue weighted by Gasteiger charge is 2.24. The van der Waals surface area contributed by atoms with Crippen molar-refractivity contribution in [2.75, 3.05) is 44.2 Å². The van der Waals surface area contributed by atoms with Gasteiger partial charge < -0.3 is 19.2 Å². The Balaban J connectivity index is 0.000000576. The first-order valence-electron chi connectivity index (χ1n) is 12.9. The molecule has 3 nitrogen and oxygen atoms in total. The zero-order chi connectivity index (χ0) is 22.1. The Morgan fingerprint density at radius 1 is 0.774 bits per heavy atom. The second-order valence-electron chi connectivity index (χ2n) is 9.17. The van der Waals surface area contributed by atoms with Crippen molar-refractivity contribution in [3.05, 3.63) is 29.8 Å². The third kappa shape index (κ3) is 11.9. The zero-order valence-electron chi connectivity index (χ0n) is 21.0. The first kappa shape index (κ1) is 29.9. The van der Waals surface area contributed by atoms with E-state index in [4.69, 9.17) is 5.11 Å². The molecule has 1 heterocycles. The highest BCUT2D eigenvalue weighted by atomic mass is 19.0. The van der Waals surface area contributed by atoms with Crippen molar-refractivity contribution >= 4 is 5.69 Å². The third-order valence-corrected chi connectivity index (χ3v) is 6.51. The van der Waals surface area contributed by atoms with E-state index in [-0.39, 0.29) is 11.3 Å². The van der Waals surface area contributed by atoms with Gasteiger partial charge in [-0.2, -0.15) is 0 Å². The quantitative estimate of drug-likeness (QED) is 0.447. The lowest BCUT2D eigenvalue weighted by molar-refractivity contribution is -0.929. The van der Waals surface area contributed by atoms with Gasteiger partial charge in [0.25, 0.3) is 0 Å². The van der Waals surface area contributed by atoms with Crippen LogP contribution in [0.15, 0.2) is 24.3 Å². The molecule has 1 saturated heterocycles. The molecule has 1 aliphatic heterocycles. The summed E-state index contributed by atoms with van der Waals surface area (Å²) in [6, 6.07) is 8.16. The summed E-state index contributed by atoms with van der Waals surface area (Å²) in [5.41, 5.74) is 2.26. The van der Waals surface area contributed by atoms with Crippen LogP contribution >= 0.6 is 0 Å². The minimum atomic E-state index is 0. The van der Waals surface area contributed by atoms with Crippen LogP contribution in [0.25, 0.3) is 0 Å². The van der Waals surface area contributed by atoms with E-state index in [2.05, 4.69) is 44.7 Å². The van der Waals surface area contributed by atoms with Gasteiger partial charge in [-0.1, -0.05) is 65.5 Å². The highest BCUT2D eigenvalue weighted by molar-refractivity contribution is 5.49. The molecular weight excluding hydrogens is 387 g/mol. The Labute approximate surface area is 192 Å². The van der Waals surface area contributed by atoms with Gasteiger partial charge in [-0.15, -0.1) is 0 Å². The second-order valence-corrected chi connectivity index (χ2v) is 9.17. The summed E-state index contributed by atoms with van der Waals surface area (Å²) in [4.78, 5) is 2.37. The fourth-order valence-corrected chi connectivity index (χ4v) is 4.47. The predicted octanol–water partition coefficient (Wildman–Crippen LogP) is 3.79. The Kier molecular flexibility index (Phi) is 17.8. The Hall–Kier alpha value is -1.13. The third-order valence-electron chi connectivity index (χ3n) is 6.51. The summed E-state index contributed by atoms with van der Waals surface area (Å²) < 4.78 is 1.42. The molecule has 182 valence electrons. The molecular formula is C27H51FN2O. The highest BCUT2D eigenvalue weighted by Crippen LogP contribution is 2.21. The van der Waals surface area contributed by atoms with Gasteiger partial charge >= 0.3 is 0 Å². The van der Waals surface area contributed by atoms with E-state index in [9.17, 15) is 0 Å². The summed E-state index contributed by atoms with van der Waals surface area (Å²) in [7, 11) is 0. The van der Waals surface area contributed by atoms with Crippen molar-refractivity contribution < 1.29 is 14.3 Å². The number of halogens is 1. The first-order chi connectivity index (χ1) is 14.6. The molecule has 0 atom stereocenters. The van der Waals surface area contributed by atoms with Crippen LogP contribution < -0.4 is 9.60 Å². The molecule has 0 amide bonds. The Morgan fingerprint density at radius 2 is 1.23 bits per heavy atom. The van der Waals surface area contributed by atoms with Crippen molar-refractivity contribution in [3.63, 3.8) is 0 Å². The minimum absolute atomic E-state index is 0. The fourth-order valence-electron chi connectivity index (χ4n) is 4.47. The molecule has 0 saturated carbocycles. The van der Waals surface area contributed by atoms with Gasteiger partial charge in [0.05, 0.1) is 32.8 Å². The Bertz CT molecular complexity index is 494. The average molecular weight is 439 g/mol. The van der Waals surface area contributed by atoms with Crippen LogP contribution in [0.3, 0.4) is 0 Å². The van der Waals surface area contributed by atoms with Crippen LogP contribution in [0.1, 0.15) is 97.5 Å². The number of benzene rings is 1. The van der Waals surface area contributed by atoms with Gasteiger partial charge in [0.2, 0.25) is 0 Å². The summed E-state index contributed by atoms with van der Waals surface area (Å²) in [5, 5.41) is 8.99. The lowest BCUT2D eigenvalue weighted by atomic mass is 10.1. The van der Waals surface area contributed by atoms with Crippen molar-refractivity contribution in [2.45, 2.75) is 98.5 Å². The molecule has 1 N–H and O–H groups in total. The molecule has 31 heavy (non-hydrogen) atoms. The first-order valence-corrected chi connectivity index (χ1v) is 12.9. The van der Waals surface area contributed by atoms with Crippen LogP contribution in [-0.4, -0.2) is 48.9 Å². The lowest BCUT2D eigenvalue weighted by Crippen LogP contribution is -3.00. The summed E-state index contributed by atoms with van der Waals surface area (Å²) >= 11 is 0. The molecule has 0 spiro atoms. The van der Waals surface area contributed by atoms with Gasteiger partial charge in [-0.3, -0.25) is 0 Å². The monoisotopic (exact) mass is 438 g/mol. The number of unbranched alkanes of at least 4 members (excludes halogenated alkanes) is 4. The SMILES string of the molecule is CCCC[N+](CCCC)(CCCC)CCCC.OCc1cccc(N2CCCC2)c1.[F-]. The number of nitrogens with zero attached hydrogens (tertiary/aromatic N) is 2. The summed E-state index contributed by atoms with van der Waals surface area (Å²) in [6.45, 7) is 17.5. The summed E-state index contributed by atoms with van der Waals surface area (Å²) in [5.74, 6) is 0. The molecule has 4 heteroatoms. The van der Waals surface area contributed by atoms with Crippen molar-refractivity contribution in [2.24, 2.45) is 0 Å². The van der Waals surface area contributed by atoms with Gasteiger partial charge in [-0.05, 0) is 56.2 Å². The number of aliphatic hydroxyl groups is 1. The normalized spacial score (nSPS) is 13.5. The molecule has 0 aliphatic carbocycles. The zero-order valence-corrected chi connectivity index (χ0v) is 21.0. The molecule has 2 rings (SSSR count). The van der Waals surface area contributed by atoms with Crippen LogP contribution in [-0.2, 0) is 6.61 Å². The lowest BCUT2D eigenvalue weighted by Gasteiger charge is -2.39. The number of rotatable bonds is 14. The standard InChI is InChI=1S/C16H36N.C11H15NO.FH/c1-5-9-13-17(14-10-6-2,15-11-7-3)16-12-8-4;13-9-10-4-3-5-11(8-10)12-6-1-2-7-12;/h5-16H2,1-4H3;3-5,8,13H,1-2,6-7,9H2;1H/q+1;;/p-1. The Morgan fingerprint density at radius 3 is 1.61 bits per heavy atom. The van der Waals surface area contributed by atoms with E-state index in [1.807, 2.05) is 12.1 Å². The largest absolute Gasteiger partial charge is 1.00 e. The smallest absolute Gasteiger partial charge is 0.0786 e. The van der Waals surface area contributed by atoms with E-state index in [1.165, 1.54) is 101 Å². The maximum atomic E-state index is 8.99. The fraction of sp³-hybridized carbons (Fsp3) is 0.778. The molecule has 0 radical (unpaired) electrons. The van der Waals surface area contributed by atoms with Crippen LogP contribution in [0.2, 0.25) is 0 Å². The maximum Gasteiger partial charge on any atom is 0.0786 e. The molecule has 0 aromatic heterocycles. The topological polar surface area (TPSA) is 23.5 Å². The minimum Gasteiger partial charge on any atom is -1.00 e. The van der Waals surface area contributed by atoms with Gasteiger partial charge in [0.1, 0.15) is 0 Å². The second kappa shape index (κ2) is 18.4. The number of quaternary nitrogens is 1. The van der Waals surface area contributed by atoms with E-state index in [0.717, 1.165) is 18.7 Å². The summed E-state index contributed by atoms with van der Waals surface area (Å²) in [6.07, 6.45) is 13.7. The van der Waals surface area contributed by atoms with Gasteiger partial charge in [0.15, 0.2) is 0 Å².